The van der Waals surface area contributed by atoms with Gasteiger partial charge in [0.05, 0.1) is 6.61 Å². The van der Waals surface area contributed by atoms with Crippen molar-refractivity contribution in [3.05, 3.63) is 0 Å². The Kier molecular flexibility index (Phi) is 2.46. The number of cyclic esters (lactones) is 1. The molecule has 0 aromatic carbocycles. The molecular weight excluding hydrogens is 146 g/mol. The Morgan fingerprint density at radius 3 is 2.91 bits per heavy atom. The Morgan fingerprint density at radius 1 is 1.55 bits per heavy atom. The van der Waals surface area contributed by atoms with Crippen molar-refractivity contribution in [2.45, 2.75) is 19.3 Å². The van der Waals surface area contributed by atoms with Crippen molar-refractivity contribution in [1.82, 2.24) is 0 Å². The minimum absolute atomic E-state index is 0.419. The highest BCUT2D eigenvalue weighted by molar-refractivity contribution is 5.96. The molecule has 1 fully saturated rings. The summed E-state index contributed by atoms with van der Waals surface area (Å²) in [5.74, 6) is -1.75. The lowest BCUT2D eigenvalue weighted by Gasteiger charge is -2.05. The van der Waals surface area contributed by atoms with E-state index in [0.29, 0.717) is 13.0 Å². The van der Waals surface area contributed by atoms with Crippen LogP contribution < -0.4 is 5.73 Å². The SMILES string of the molecule is NC(=O)C1CCCCOC1=O. The predicted molar refractivity (Wildman–Crippen MR) is 37.5 cm³/mol. The molecule has 0 radical (unpaired) electrons. The molecule has 62 valence electrons. The molecule has 1 heterocycles. The molecule has 0 saturated carbocycles. The lowest BCUT2D eigenvalue weighted by atomic mass is 10.0. The van der Waals surface area contributed by atoms with Gasteiger partial charge in [0.2, 0.25) is 5.91 Å². The van der Waals surface area contributed by atoms with E-state index in [1.165, 1.54) is 0 Å². The average Bonchev–Trinajstić information content (AvgIpc) is 2.13. The zero-order chi connectivity index (χ0) is 8.27. The normalized spacial score (nSPS) is 25.5. The largest absolute Gasteiger partial charge is 0.465 e. The Hall–Kier alpha value is -1.06. The molecule has 11 heavy (non-hydrogen) atoms. The van der Waals surface area contributed by atoms with Gasteiger partial charge in [-0.05, 0) is 19.3 Å². The fraction of sp³-hybridized carbons (Fsp3) is 0.714. The van der Waals surface area contributed by atoms with Crippen LogP contribution >= 0.6 is 0 Å². The number of hydrogen-bond donors (Lipinski definition) is 1. The fourth-order valence-corrected chi connectivity index (χ4v) is 1.10. The van der Waals surface area contributed by atoms with E-state index in [0.717, 1.165) is 12.8 Å². The van der Waals surface area contributed by atoms with Crippen LogP contribution in [0.25, 0.3) is 0 Å². The first kappa shape index (κ1) is 8.04. The highest BCUT2D eigenvalue weighted by Gasteiger charge is 2.27. The van der Waals surface area contributed by atoms with E-state index >= 15 is 0 Å². The summed E-state index contributed by atoms with van der Waals surface area (Å²) < 4.78 is 4.74. The van der Waals surface area contributed by atoms with Crippen molar-refractivity contribution in [2.24, 2.45) is 11.7 Å². The first-order valence-corrected chi connectivity index (χ1v) is 3.68. The van der Waals surface area contributed by atoms with Gasteiger partial charge in [-0.1, -0.05) is 0 Å². The summed E-state index contributed by atoms with van der Waals surface area (Å²) in [5, 5.41) is 0. The number of primary amides is 1. The number of esters is 1. The van der Waals surface area contributed by atoms with Crippen LogP contribution in [-0.2, 0) is 14.3 Å². The number of ether oxygens (including phenoxy) is 1. The van der Waals surface area contributed by atoms with E-state index < -0.39 is 17.8 Å². The Morgan fingerprint density at radius 2 is 2.27 bits per heavy atom. The van der Waals surface area contributed by atoms with Gasteiger partial charge in [0.15, 0.2) is 0 Å². The summed E-state index contributed by atoms with van der Waals surface area (Å²) in [6.07, 6.45) is 2.20. The van der Waals surface area contributed by atoms with Crippen molar-refractivity contribution >= 4 is 11.9 Å². The van der Waals surface area contributed by atoms with Crippen molar-refractivity contribution < 1.29 is 14.3 Å². The second-order valence-corrected chi connectivity index (χ2v) is 2.62. The molecule has 0 aliphatic carbocycles. The van der Waals surface area contributed by atoms with Crippen LogP contribution in [0.1, 0.15) is 19.3 Å². The Labute approximate surface area is 64.7 Å². The van der Waals surface area contributed by atoms with Gasteiger partial charge in [0.25, 0.3) is 0 Å². The zero-order valence-electron chi connectivity index (χ0n) is 6.21. The van der Waals surface area contributed by atoms with Crippen LogP contribution in [-0.4, -0.2) is 18.5 Å². The molecule has 0 aromatic rings. The molecular formula is C7H11NO3. The molecule has 1 amide bonds. The lowest BCUT2D eigenvalue weighted by molar-refractivity contribution is -0.150. The number of carbonyl (C=O) groups excluding carboxylic acids is 2. The quantitative estimate of drug-likeness (QED) is 0.424. The summed E-state index contributed by atoms with van der Waals surface area (Å²) in [6.45, 7) is 0.419. The maximum atomic E-state index is 10.9. The zero-order valence-corrected chi connectivity index (χ0v) is 6.21. The number of carbonyl (C=O) groups is 2. The third-order valence-electron chi connectivity index (χ3n) is 1.76. The number of amides is 1. The van der Waals surface area contributed by atoms with Crippen LogP contribution in [0, 0.1) is 5.92 Å². The van der Waals surface area contributed by atoms with Crippen LogP contribution in [0.4, 0.5) is 0 Å². The van der Waals surface area contributed by atoms with E-state index in [1.807, 2.05) is 0 Å². The van der Waals surface area contributed by atoms with Crippen molar-refractivity contribution in [3.63, 3.8) is 0 Å². The molecule has 1 unspecified atom stereocenters. The Balaban J connectivity index is 2.59. The number of hydrogen-bond acceptors (Lipinski definition) is 3. The number of nitrogens with two attached hydrogens (primary N) is 1. The number of rotatable bonds is 1. The summed E-state index contributed by atoms with van der Waals surface area (Å²) in [4.78, 5) is 21.6. The van der Waals surface area contributed by atoms with Gasteiger partial charge >= 0.3 is 5.97 Å². The molecule has 1 saturated heterocycles. The van der Waals surface area contributed by atoms with E-state index in [2.05, 4.69) is 0 Å². The first-order chi connectivity index (χ1) is 5.22. The van der Waals surface area contributed by atoms with Gasteiger partial charge in [0, 0.05) is 0 Å². The average molecular weight is 157 g/mol. The summed E-state index contributed by atoms with van der Waals surface area (Å²) in [5.41, 5.74) is 4.99. The van der Waals surface area contributed by atoms with Crippen LogP contribution in [0.5, 0.6) is 0 Å². The fourth-order valence-electron chi connectivity index (χ4n) is 1.10. The molecule has 2 N–H and O–H groups in total. The summed E-state index contributed by atoms with van der Waals surface area (Å²) in [7, 11) is 0. The van der Waals surface area contributed by atoms with E-state index in [9.17, 15) is 9.59 Å². The third-order valence-corrected chi connectivity index (χ3v) is 1.76. The van der Waals surface area contributed by atoms with Gasteiger partial charge in [-0.2, -0.15) is 0 Å². The van der Waals surface area contributed by atoms with Crippen LogP contribution in [0.15, 0.2) is 0 Å². The van der Waals surface area contributed by atoms with Crippen molar-refractivity contribution in [2.75, 3.05) is 6.61 Å². The Bertz CT molecular complexity index is 179. The molecule has 1 aliphatic heterocycles. The molecule has 4 nitrogen and oxygen atoms in total. The minimum atomic E-state index is -0.711. The lowest BCUT2D eigenvalue weighted by Crippen LogP contribution is -2.30. The van der Waals surface area contributed by atoms with E-state index in [1.54, 1.807) is 0 Å². The molecule has 1 aliphatic rings. The first-order valence-electron chi connectivity index (χ1n) is 3.68. The van der Waals surface area contributed by atoms with Gasteiger partial charge in [-0.3, -0.25) is 9.59 Å². The van der Waals surface area contributed by atoms with Gasteiger partial charge in [-0.25, -0.2) is 0 Å². The van der Waals surface area contributed by atoms with Gasteiger partial charge in [0.1, 0.15) is 5.92 Å². The minimum Gasteiger partial charge on any atom is -0.465 e. The smallest absolute Gasteiger partial charge is 0.318 e. The van der Waals surface area contributed by atoms with Crippen LogP contribution in [0.3, 0.4) is 0 Å². The molecule has 1 atom stereocenters. The maximum Gasteiger partial charge on any atom is 0.318 e. The van der Waals surface area contributed by atoms with Gasteiger partial charge < -0.3 is 10.5 Å². The van der Waals surface area contributed by atoms with Crippen LogP contribution in [0.2, 0.25) is 0 Å². The molecule has 4 heteroatoms. The maximum absolute atomic E-state index is 10.9. The predicted octanol–water partition coefficient (Wildman–Crippen LogP) is -0.185. The molecule has 1 rings (SSSR count). The highest BCUT2D eigenvalue weighted by atomic mass is 16.5. The van der Waals surface area contributed by atoms with E-state index in [-0.39, 0.29) is 0 Å². The molecule has 0 bridgehead atoms. The van der Waals surface area contributed by atoms with Crippen molar-refractivity contribution in [3.8, 4) is 0 Å². The second kappa shape index (κ2) is 3.37. The van der Waals surface area contributed by atoms with Gasteiger partial charge in [-0.15, -0.1) is 0 Å². The summed E-state index contributed by atoms with van der Waals surface area (Å²) >= 11 is 0. The highest BCUT2D eigenvalue weighted by Crippen LogP contribution is 2.14. The monoisotopic (exact) mass is 157 g/mol. The summed E-state index contributed by atoms with van der Waals surface area (Å²) in [6, 6.07) is 0. The van der Waals surface area contributed by atoms with E-state index in [4.69, 9.17) is 10.5 Å². The third kappa shape index (κ3) is 1.93. The standard InChI is InChI=1S/C7H11NO3/c8-6(9)5-3-1-2-4-11-7(5)10/h5H,1-4H2,(H2,8,9). The molecule has 0 aromatic heterocycles. The second-order valence-electron chi connectivity index (χ2n) is 2.62. The topological polar surface area (TPSA) is 69.4 Å². The van der Waals surface area contributed by atoms with Crippen molar-refractivity contribution in [1.29, 1.82) is 0 Å². The molecule has 0 spiro atoms.